The van der Waals surface area contributed by atoms with E-state index in [2.05, 4.69) is 285 Å². The van der Waals surface area contributed by atoms with Crippen LogP contribution in [-0.4, -0.2) is 54.8 Å². The number of benzene rings is 21. The Hall–Kier alpha value is -19.0. The molecule has 0 radical (unpaired) electrons. The highest BCUT2D eigenvalue weighted by atomic mass is 32.1. The van der Waals surface area contributed by atoms with Crippen molar-refractivity contribution in [2.45, 2.75) is 0 Å². The van der Waals surface area contributed by atoms with E-state index in [1.54, 1.807) is 34.0 Å². The number of furan rings is 1. The third-order valence-corrected chi connectivity index (χ3v) is 29.9. The van der Waals surface area contributed by atoms with Gasteiger partial charge in [-0.3, -0.25) is 0 Å². The summed E-state index contributed by atoms with van der Waals surface area (Å²) in [6.45, 7) is 0. The van der Waals surface area contributed by atoms with Crippen molar-refractivity contribution in [2.24, 2.45) is 0 Å². The standard InChI is InChI=1S/C35H21NO2.C33H21N3S.C32H20N4S.C31H19N3S/c1-2-8-22(9-3-1)35-36-33-27-18-16-24(21-26(27)17-19-32(33)38-35)23-10-6-11-25(20-23)28-13-7-14-30-29-12-4-5-15-31(29)37-34(28)30;1-4-10-22(11-5-1)29-21-30(23-12-6-2-7-13-23)35-32(34-29)26-16-18-27-25(20-26)17-19-28-31(27)37-33(36-28)24-14-8-3-9-15-24;1-4-10-21(11-5-1)29-34-30(22-12-6-2-7-13-22)36-31(35-29)25-16-18-26-24(20-25)17-19-27-28(26)37-32(33-27)23-14-8-3-9-15-23;1-3-9-20(10-4-1)28-25-13-7-8-14-26(25)32-30(34-28)23-15-17-24-22(19-23)16-18-27-29(24)35-31(33-27)21-11-5-2-6-12-21/h1-21H;1-21H;1-20H;1-19H. The predicted molar refractivity (Wildman–Crippen MR) is 608 cm³/mol. The smallest absolute Gasteiger partial charge is 0.227 e. The Morgan fingerprint density at radius 1 is 0.170 bits per heavy atom. The zero-order valence-electron chi connectivity index (χ0n) is 78.7. The lowest BCUT2D eigenvalue weighted by Crippen LogP contribution is -2.00. The summed E-state index contributed by atoms with van der Waals surface area (Å²) in [5.41, 5.74) is 27.4. The van der Waals surface area contributed by atoms with Crippen LogP contribution in [0.4, 0.5) is 0 Å². The van der Waals surface area contributed by atoms with Crippen molar-refractivity contribution in [3.63, 3.8) is 0 Å². The molecule has 29 rings (SSSR count). The second-order valence-electron chi connectivity index (χ2n) is 35.8. The van der Waals surface area contributed by atoms with Crippen molar-refractivity contribution in [1.82, 2.24) is 54.8 Å². The van der Waals surface area contributed by atoms with E-state index in [0.29, 0.717) is 23.4 Å². The van der Waals surface area contributed by atoms with E-state index < -0.39 is 0 Å². The van der Waals surface area contributed by atoms with Crippen molar-refractivity contribution in [3.05, 3.63) is 491 Å². The van der Waals surface area contributed by atoms with Crippen LogP contribution in [0.1, 0.15) is 0 Å². The SMILES string of the molecule is c1ccc(-c2cc(-c3ccccc3)nc(-c3ccc4c(ccc5nc(-c6ccccc6)sc54)c3)n2)cc1.c1ccc(-c2nc(-c3ccccc3)nc(-c3ccc4c(ccc5nc(-c6ccccc6)sc54)c3)n2)cc1.c1ccc(-c2nc3c(ccc4cc(-c5cccc(-c6cccc7c6oc6ccccc67)c5)ccc43)o2)cc1.c1ccc(-c2nc3ccc4cc(-c5nc(-c6ccccc6)c6ccccc6n5)ccc4c3s2)cc1. The van der Waals surface area contributed by atoms with Crippen molar-refractivity contribution < 1.29 is 8.83 Å². The van der Waals surface area contributed by atoms with E-state index in [0.717, 1.165) is 220 Å². The van der Waals surface area contributed by atoms with Gasteiger partial charge in [0, 0.05) is 110 Å². The van der Waals surface area contributed by atoms with E-state index in [9.17, 15) is 0 Å². The maximum Gasteiger partial charge on any atom is 0.227 e. The van der Waals surface area contributed by atoms with Gasteiger partial charge in [-0.1, -0.05) is 406 Å². The van der Waals surface area contributed by atoms with Crippen LogP contribution in [0.25, 0.3) is 274 Å². The molecule has 0 unspecified atom stereocenters. The molecule has 29 aromatic rings. The molecule has 0 saturated carbocycles. The molecule has 0 saturated heterocycles. The zero-order valence-corrected chi connectivity index (χ0v) is 81.2. The van der Waals surface area contributed by atoms with E-state index in [1.807, 2.05) is 206 Å². The van der Waals surface area contributed by atoms with E-state index in [-0.39, 0.29) is 0 Å². The van der Waals surface area contributed by atoms with Crippen LogP contribution in [0.5, 0.6) is 0 Å². The van der Waals surface area contributed by atoms with Crippen molar-refractivity contribution >= 4 is 152 Å². The molecule has 0 spiro atoms. The summed E-state index contributed by atoms with van der Waals surface area (Å²) in [5.74, 6) is 4.08. The molecule has 13 nitrogen and oxygen atoms in total. The molecule has 0 fully saturated rings. The number of hydrogen-bond donors (Lipinski definition) is 0. The number of fused-ring (bicyclic) bond motifs is 16. The molecule has 16 heteroatoms. The average Bonchev–Trinajstić information content (AvgIpc) is 1.59. The van der Waals surface area contributed by atoms with Gasteiger partial charge < -0.3 is 8.83 Å². The maximum absolute atomic E-state index is 6.30. The molecule has 0 atom stereocenters. The van der Waals surface area contributed by atoms with Gasteiger partial charge in [0.25, 0.3) is 0 Å². The maximum atomic E-state index is 6.30. The summed E-state index contributed by atoms with van der Waals surface area (Å²) in [4.78, 5) is 54.0. The molecule has 21 aromatic carbocycles. The zero-order chi connectivity index (χ0) is 97.5. The number of rotatable bonds is 14. The molecule has 0 aliphatic rings. The van der Waals surface area contributed by atoms with Crippen LogP contribution in [0, 0.1) is 0 Å². The Labute approximate surface area is 856 Å². The molecule has 0 aliphatic heterocycles. The first-order valence-electron chi connectivity index (χ1n) is 48.5. The highest BCUT2D eigenvalue weighted by Gasteiger charge is 2.23. The first-order chi connectivity index (χ1) is 72.8. The fourth-order valence-corrected chi connectivity index (χ4v) is 22.5. The Kier molecular flexibility index (Phi) is 23.3. The van der Waals surface area contributed by atoms with Gasteiger partial charge >= 0.3 is 0 Å². The normalized spacial score (nSPS) is 11.4. The van der Waals surface area contributed by atoms with Gasteiger partial charge in [0.1, 0.15) is 31.7 Å². The first-order valence-corrected chi connectivity index (χ1v) is 51.0. The lowest BCUT2D eigenvalue weighted by Gasteiger charge is -2.10. The number of para-hydroxylation sites is 3. The van der Waals surface area contributed by atoms with Crippen molar-refractivity contribution in [1.29, 1.82) is 0 Å². The van der Waals surface area contributed by atoms with Crippen LogP contribution in [0.2, 0.25) is 0 Å². The quantitative estimate of drug-likeness (QED) is 0.101. The molecule has 0 aliphatic carbocycles. The minimum Gasteiger partial charge on any atom is -0.455 e. The minimum absolute atomic E-state index is 0.643. The van der Waals surface area contributed by atoms with E-state index in [1.165, 1.54) is 30.3 Å². The highest BCUT2D eigenvalue weighted by Crippen LogP contribution is 2.45. The number of thiazole rings is 3. The second-order valence-corrected chi connectivity index (χ2v) is 38.8. The molecule has 690 valence electrons. The first kappa shape index (κ1) is 88.2. The summed E-state index contributed by atoms with van der Waals surface area (Å²) in [5, 5.41) is 15.7. The summed E-state index contributed by atoms with van der Waals surface area (Å²) in [7, 11) is 0. The third kappa shape index (κ3) is 17.7. The van der Waals surface area contributed by atoms with Gasteiger partial charge in [-0.05, 0) is 123 Å². The summed E-state index contributed by atoms with van der Waals surface area (Å²) in [6, 6.07) is 168. The molecule has 147 heavy (non-hydrogen) atoms. The topological polar surface area (TPSA) is 168 Å². The molecule has 0 N–H and O–H groups in total. The van der Waals surface area contributed by atoms with Crippen LogP contribution >= 0.6 is 34.0 Å². The van der Waals surface area contributed by atoms with Crippen LogP contribution < -0.4 is 0 Å². The Morgan fingerprint density at radius 3 is 1.02 bits per heavy atom. The van der Waals surface area contributed by atoms with Gasteiger partial charge in [-0.25, -0.2) is 54.8 Å². The van der Waals surface area contributed by atoms with Crippen molar-refractivity contribution in [2.75, 3.05) is 0 Å². The molecular weight excluding hydrogens is 1860 g/mol. The number of nitrogens with zero attached hydrogens (tertiary/aromatic N) is 11. The van der Waals surface area contributed by atoms with Crippen LogP contribution in [-0.2, 0) is 0 Å². The fourth-order valence-electron chi connectivity index (χ4n) is 19.2. The van der Waals surface area contributed by atoms with E-state index in [4.69, 9.17) is 63.7 Å². The van der Waals surface area contributed by atoms with Gasteiger partial charge in [-0.15, -0.1) is 34.0 Å². The predicted octanol–water partition coefficient (Wildman–Crippen LogP) is 35.5. The van der Waals surface area contributed by atoms with Gasteiger partial charge in [0.15, 0.2) is 34.7 Å². The minimum atomic E-state index is 0.643. The summed E-state index contributed by atoms with van der Waals surface area (Å²) < 4.78 is 16.0. The summed E-state index contributed by atoms with van der Waals surface area (Å²) >= 11 is 5.21. The Morgan fingerprint density at radius 2 is 0.524 bits per heavy atom. The summed E-state index contributed by atoms with van der Waals surface area (Å²) in [6.07, 6.45) is 0. The second kappa shape index (κ2) is 38.8. The van der Waals surface area contributed by atoms with Crippen LogP contribution in [0.3, 0.4) is 0 Å². The molecule has 0 bridgehead atoms. The third-order valence-electron chi connectivity index (χ3n) is 26.5. The van der Waals surface area contributed by atoms with E-state index >= 15 is 0 Å². The fraction of sp³-hybridized carbons (Fsp3) is 0. The Balaban J connectivity index is 0.0000000994. The van der Waals surface area contributed by atoms with Gasteiger partial charge in [0.2, 0.25) is 5.89 Å². The number of aromatic nitrogens is 11. The van der Waals surface area contributed by atoms with Gasteiger partial charge in [0.05, 0.1) is 53.2 Å². The lowest BCUT2D eigenvalue weighted by atomic mass is 9.96. The average molecular weight is 1940 g/mol. The molecule has 8 aromatic heterocycles. The largest absolute Gasteiger partial charge is 0.455 e. The highest BCUT2D eigenvalue weighted by molar-refractivity contribution is 7.23. The molecule has 0 amide bonds. The van der Waals surface area contributed by atoms with Crippen molar-refractivity contribution in [3.8, 4) is 156 Å². The lowest BCUT2D eigenvalue weighted by molar-refractivity contribution is 0.620. The molecule has 8 heterocycles. The molecular formula is C131H81N11O2S3. The Bertz CT molecular complexity index is 9600. The number of oxazole rings is 1. The van der Waals surface area contributed by atoms with Crippen LogP contribution in [0.15, 0.2) is 500 Å². The number of hydrogen-bond acceptors (Lipinski definition) is 16. The monoisotopic (exact) mass is 1940 g/mol. The van der Waals surface area contributed by atoms with Gasteiger partial charge in [-0.2, -0.15) is 0 Å².